The highest BCUT2D eigenvalue weighted by Gasteiger charge is 2.20. The van der Waals surface area contributed by atoms with Gasteiger partial charge >= 0.3 is 0 Å². The summed E-state index contributed by atoms with van der Waals surface area (Å²) in [6.45, 7) is 9.56. The minimum Gasteiger partial charge on any atom is -0.379 e. The van der Waals surface area contributed by atoms with E-state index in [9.17, 15) is 4.79 Å². The van der Waals surface area contributed by atoms with Crippen molar-refractivity contribution in [3.8, 4) is 0 Å². The van der Waals surface area contributed by atoms with Crippen molar-refractivity contribution in [2.75, 3.05) is 0 Å². The van der Waals surface area contributed by atoms with E-state index in [1.807, 2.05) is 51.1 Å². The highest BCUT2D eigenvalue weighted by Crippen LogP contribution is 2.09. The third kappa shape index (κ3) is 4.43. The van der Waals surface area contributed by atoms with Gasteiger partial charge in [0, 0.05) is 11.6 Å². The van der Waals surface area contributed by atoms with Gasteiger partial charge in [-0.25, -0.2) is 0 Å². The maximum absolute atomic E-state index is 12.1. The monoisotopic (exact) mass is 231 g/mol. The van der Waals surface area contributed by atoms with Crippen LogP contribution in [0.3, 0.4) is 0 Å². The number of hydrogen-bond donors (Lipinski definition) is 1. The van der Waals surface area contributed by atoms with Crippen LogP contribution in [-0.4, -0.2) is 11.8 Å². The van der Waals surface area contributed by atoms with Crippen molar-refractivity contribution in [2.45, 2.75) is 33.2 Å². The van der Waals surface area contributed by atoms with Crippen LogP contribution < -0.4 is 5.32 Å². The SMILES string of the molecule is C=C(C)N[C@@H](Cc1ccccc1)C(=O)C(C)C. The molecule has 2 nitrogen and oxygen atoms in total. The van der Waals surface area contributed by atoms with E-state index < -0.39 is 0 Å². The fourth-order valence-corrected chi connectivity index (χ4v) is 1.77. The summed E-state index contributed by atoms with van der Waals surface area (Å²) < 4.78 is 0. The number of hydrogen-bond acceptors (Lipinski definition) is 2. The van der Waals surface area contributed by atoms with E-state index >= 15 is 0 Å². The summed E-state index contributed by atoms with van der Waals surface area (Å²) in [5.41, 5.74) is 2.00. The van der Waals surface area contributed by atoms with Gasteiger partial charge < -0.3 is 5.32 Å². The average molecular weight is 231 g/mol. The van der Waals surface area contributed by atoms with Crippen LogP contribution >= 0.6 is 0 Å². The molecule has 0 aromatic heterocycles. The quantitative estimate of drug-likeness (QED) is 0.815. The van der Waals surface area contributed by atoms with Gasteiger partial charge in [-0.3, -0.25) is 4.79 Å². The highest BCUT2D eigenvalue weighted by atomic mass is 16.1. The molecule has 1 atom stereocenters. The van der Waals surface area contributed by atoms with Crippen molar-refractivity contribution < 1.29 is 4.79 Å². The first-order valence-electron chi connectivity index (χ1n) is 6.00. The van der Waals surface area contributed by atoms with Gasteiger partial charge in [-0.15, -0.1) is 0 Å². The minimum atomic E-state index is -0.171. The maximum atomic E-state index is 12.1. The third-order valence-electron chi connectivity index (χ3n) is 2.62. The summed E-state index contributed by atoms with van der Waals surface area (Å²) in [6, 6.07) is 9.88. The topological polar surface area (TPSA) is 29.1 Å². The second-order valence-electron chi connectivity index (χ2n) is 4.72. The van der Waals surface area contributed by atoms with E-state index in [4.69, 9.17) is 0 Å². The van der Waals surface area contributed by atoms with Gasteiger partial charge in [-0.2, -0.15) is 0 Å². The molecule has 1 aromatic carbocycles. The van der Waals surface area contributed by atoms with Crippen LogP contribution in [0.15, 0.2) is 42.6 Å². The molecule has 0 heterocycles. The molecule has 0 aliphatic heterocycles. The second kappa shape index (κ2) is 6.24. The zero-order valence-electron chi connectivity index (χ0n) is 10.9. The zero-order valence-corrected chi connectivity index (χ0v) is 10.9. The third-order valence-corrected chi connectivity index (χ3v) is 2.62. The lowest BCUT2D eigenvalue weighted by atomic mass is 9.95. The largest absolute Gasteiger partial charge is 0.379 e. The fourth-order valence-electron chi connectivity index (χ4n) is 1.77. The summed E-state index contributed by atoms with van der Waals surface area (Å²) in [4.78, 5) is 12.1. The first kappa shape index (κ1) is 13.5. The van der Waals surface area contributed by atoms with E-state index in [2.05, 4.69) is 11.9 Å². The standard InChI is InChI=1S/C15H21NO/c1-11(2)15(17)14(16-12(3)4)10-13-8-6-5-7-9-13/h5-9,11,14,16H,3,10H2,1-2,4H3/t14-/m0/s1. The molecule has 0 saturated heterocycles. The molecule has 0 bridgehead atoms. The lowest BCUT2D eigenvalue weighted by Gasteiger charge is -2.20. The summed E-state index contributed by atoms with van der Waals surface area (Å²) in [7, 11) is 0. The van der Waals surface area contributed by atoms with Gasteiger partial charge in [0.2, 0.25) is 0 Å². The van der Waals surface area contributed by atoms with Crippen molar-refractivity contribution in [3.05, 3.63) is 48.2 Å². The van der Waals surface area contributed by atoms with Gasteiger partial charge in [0.15, 0.2) is 5.78 Å². The number of carbonyl (C=O) groups excluding carboxylic acids is 1. The number of ketones is 1. The van der Waals surface area contributed by atoms with E-state index in [1.54, 1.807) is 0 Å². The maximum Gasteiger partial charge on any atom is 0.157 e. The van der Waals surface area contributed by atoms with Crippen molar-refractivity contribution in [1.29, 1.82) is 0 Å². The second-order valence-corrected chi connectivity index (χ2v) is 4.72. The van der Waals surface area contributed by atoms with Gasteiger partial charge in [0.05, 0.1) is 6.04 Å². The first-order chi connectivity index (χ1) is 8.00. The minimum absolute atomic E-state index is 0.0376. The molecule has 0 aliphatic rings. The Hall–Kier alpha value is -1.57. The van der Waals surface area contributed by atoms with Crippen LogP contribution in [0.25, 0.3) is 0 Å². The molecule has 1 rings (SSSR count). The highest BCUT2D eigenvalue weighted by molar-refractivity contribution is 5.86. The normalized spacial score (nSPS) is 12.2. The number of Topliss-reactive ketones (excluding diaryl/α,β-unsaturated/α-hetero) is 1. The van der Waals surface area contributed by atoms with Crippen LogP contribution in [0.2, 0.25) is 0 Å². The van der Waals surface area contributed by atoms with E-state index in [-0.39, 0.29) is 17.7 Å². The molecule has 0 aliphatic carbocycles. The van der Waals surface area contributed by atoms with Crippen molar-refractivity contribution in [3.63, 3.8) is 0 Å². The van der Waals surface area contributed by atoms with Crippen LogP contribution in [-0.2, 0) is 11.2 Å². The number of rotatable bonds is 6. The molecule has 0 fully saturated rings. The summed E-state index contributed by atoms with van der Waals surface area (Å²) >= 11 is 0. The molecule has 0 unspecified atom stereocenters. The molecule has 92 valence electrons. The average Bonchev–Trinajstić information content (AvgIpc) is 2.28. The Bertz CT molecular complexity index is 381. The summed E-state index contributed by atoms with van der Waals surface area (Å²) in [5.74, 6) is 0.271. The summed E-state index contributed by atoms with van der Waals surface area (Å²) in [6.07, 6.45) is 0.713. The Morgan fingerprint density at radius 2 is 1.88 bits per heavy atom. The molecule has 0 amide bonds. The fraction of sp³-hybridized carbons (Fsp3) is 0.400. The lowest BCUT2D eigenvalue weighted by Crippen LogP contribution is -2.39. The molecule has 0 saturated carbocycles. The molecule has 1 aromatic rings. The van der Waals surface area contributed by atoms with Gasteiger partial charge in [-0.1, -0.05) is 50.8 Å². The molecule has 2 heteroatoms. The van der Waals surface area contributed by atoms with E-state index in [0.29, 0.717) is 6.42 Å². The molecular formula is C15H21NO. The van der Waals surface area contributed by atoms with Gasteiger partial charge in [0.25, 0.3) is 0 Å². The van der Waals surface area contributed by atoms with Crippen LogP contribution in [0.1, 0.15) is 26.3 Å². The van der Waals surface area contributed by atoms with Crippen molar-refractivity contribution in [1.82, 2.24) is 5.32 Å². The number of allylic oxidation sites excluding steroid dienone is 1. The molecule has 0 spiro atoms. The van der Waals surface area contributed by atoms with Crippen LogP contribution in [0.5, 0.6) is 0 Å². The van der Waals surface area contributed by atoms with Crippen LogP contribution in [0.4, 0.5) is 0 Å². The smallest absolute Gasteiger partial charge is 0.157 e. The van der Waals surface area contributed by atoms with Crippen molar-refractivity contribution >= 4 is 5.78 Å². The molecular weight excluding hydrogens is 210 g/mol. The molecule has 0 radical (unpaired) electrons. The molecule has 1 N–H and O–H groups in total. The Morgan fingerprint density at radius 3 is 2.35 bits per heavy atom. The molecule has 17 heavy (non-hydrogen) atoms. The van der Waals surface area contributed by atoms with Crippen LogP contribution in [0, 0.1) is 5.92 Å². The summed E-state index contributed by atoms with van der Waals surface area (Å²) in [5, 5.41) is 3.17. The van der Waals surface area contributed by atoms with E-state index in [1.165, 1.54) is 5.56 Å². The first-order valence-corrected chi connectivity index (χ1v) is 6.00. The number of benzene rings is 1. The van der Waals surface area contributed by atoms with Gasteiger partial charge in [0.1, 0.15) is 0 Å². The number of carbonyl (C=O) groups is 1. The predicted octanol–water partition coefficient (Wildman–Crippen LogP) is 2.95. The predicted molar refractivity (Wildman–Crippen MR) is 71.7 cm³/mol. The Balaban J connectivity index is 2.77. The Kier molecular flexibility index (Phi) is 4.95. The van der Waals surface area contributed by atoms with Gasteiger partial charge in [-0.05, 0) is 18.9 Å². The Labute approximate surface area is 104 Å². The number of nitrogens with one attached hydrogen (secondary N) is 1. The lowest BCUT2D eigenvalue weighted by molar-refractivity contribution is -0.123. The zero-order chi connectivity index (χ0) is 12.8. The Morgan fingerprint density at radius 1 is 1.29 bits per heavy atom. The van der Waals surface area contributed by atoms with Crippen molar-refractivity contribution in [2.24, 2.45) is 5.92 Å². The van der Waals surface area contributed by atoms with E-state index in [0.717, 1.165) is 5.70 Å².